The number of halogens is 2. The lowest BCUT2D eigenvalue weighted by Gasteiger charge is -2.38. The predicted octanol–water partition coefficient (Wildman–Crippen LogP) is 5.81. The highest BCUT2D eigenvalue weighted by atomic mass is 35.5. The summed E-state index contributed by atoms with van der Waals surface area (Å²) < 4.78 is 0. The Balaban J connectivity index is 1.94. The van der Waals surface area contributed by atoms with Gasteiger partial charge in [-0.1, -0.05) is 57.0 Å². The number of nitrogens with zero attached hydrogens (tertiary/aromatic N) is 2. The third kappa shape index (κ3) is 4.84. The van der Waals surface area contributed by atoms with E-state index in [1.165, 1.54) is 4.88 Å². The molecule has 0 aliphatic carbocycles. The van der Waals surface area contributed by atoms with Crippen LogP contribution in [0.5, 0.6) is 0 Å². The van der Waals surface area contributed by atoms with Gasteiger partial charge < -0.3 is 9.80 Å². The Hall–Kier alpha value is -1.56. The Morgan fingerprint density at radius 1 is 1.20 bits per heavy atom. The van der Waals surface area contributed by atoms with Gasteiger partial charge in [0.15, 0.2) is 0 Å². The average molecular weight is 467 g/mol. The topological polar surface area (TPSA) is 40.6 Å². The van der Waals surface area contributed by atoms with Crippen LogP contribution in [0.15, 0.2) is 29.6 Å². The van der Waals surface area contributed by atoms with E-state index in [1.54, 1.807) is 28.4 Å². The smallest absolute Gasteiger partial charge is 0.242 e. The minimum Gasteiger partial charge on any atom is -0.333 e. The molecule has 3 rings (SSSR count). The normalized spacial score (nSPS) is 16.3. The molecular formula is C23H28Cl2N2O2S. The van der Waals surface area contributed by atoms with Crippen molar-refractivity contribution in [1.29, 1.82) is 0 Å². The van der Waals surface area contributed by atoms with Crippen LogP contribution in [-0.2, 0) is 16.0 Å². The van der Waals surface area contributed by atoms with Gasteiger partial charge in [-0.3, -0.25) is 9.59 Å². The van der Waals surface area contributed by atoms with Gasteiger partial charge in [0, 0.05) is 33.4 Å². The van der Waals surface area contributed by atoms with Crippen molar-refractivity contribution in [2.24, 2.45) is 5.41 Å². The Kier molecular flexibility index (Phi) is 7.16. The maximum Gasteiger partial charge on any atom is 0.242 e. The van der Waals surface area contributed by atoms with E-state index in [4.69, 9.17) is 23.2 Å². The van der Waals surface area contributed by atoms with Crippen LogP contribution in [-0.4, -0.2) is 41.2 Å². The van der Waals surface area contributed by atoms with Crippen molar-refractivity contribution in [2.45, 2.75) is 46.6 Å². The molecule has 7 heteroatoms. The molecule has 4 nitrogen and oxygen atoms in total. The van der Waals surface area contributed by atoms with E-state index in [2.05, 4.69) is 11.4 Å². The molecule has 1 aromatic heterocycles. The van der Waals surface area contributed by atoms with Gasteiger partial charge in [-0.2, -0.15) is 0 Å². The van der Waals surface area contributed by atoms with Crippen LogP contribution < -0.4 is 0 Å². The third-order valence-electron chi connectivity index (χ3n) is 5.29. The van der Waals surface area contributed by atoms with Gasteiger partial charge in [0.1, 0.15) is 0 Å². The molecule has 0 saturated heterocycles. The summed E-state index contributed by atoms with van der Waals surface area (Å²) in [6, 6.07) is 7.21. The summed E-state index contributed by atoms with van der Waals surface area (Å²) in [4.78, 5) is 31.2. The minimum absolute atomic E-state index is 0.00740. The second-order valence-electron chi connectivity index (χ2n) is 8.68. The van der Waals surface area contributed by atoms with Crippen LogP contribution in [0.1, 0.15) is 56.2 Å². The molecule has 1 aliphatic rings. The Morgan fingerprint density at radius 2 is 1.93 bits per heavy atom. The summed E-state index contributed by atoms with van der Waals surface area (Å²) in [7, 11) is 0. The number of carbonyl (C=O) groups excluding carboxylic acids is 2. The van der Waals surface area contributed by atoms with Crippen LogP contribution in [0.4, 0.5) is 0 Å². The molecule has 162 valence electrons. The first kappa shape index (κ1) is 23.1. The zero-order valence-electron chi connectivity index (χ0n) is 17.9. The van der Waals surface area contributed by atoms with E-state index in [-0.39, 0.29) is 24.4 Å². The first-order valence-electron chi connectivity index (χ1n) is 10.2. The standard InChI is InChI=1S/C23H28Cl2N2O2S/c1-5-10-26(22(29)23(2,3)4)14-20(28)27-11-8-19-17(9-12-30-19)21(27)16-7-6-15(24)13-18(16)25/h6-7,9,12-13,21H,5,8,10-11,14H2,1-4H3. The molecule has 0 fully saturated rings. The molecule has 0 spiro atoms. The number of fused-ring (bicyclic) bond motifs is 1. The molecule has 0 saturated carbocycles. The van der Waals surface area contributed by atoms with Crippen LogP contribution in [0.3, 0.4) is 0 Å². The molecule has 1 aliphatic heterocycles. The largest absolute Gasteiger partial charge is 0.333 e. The number of hydrogen-bond donors (Lipinski definition) is 0. The van der Waals surface area contributed by atoms with E-state index >= 15 is 0 Å². The summed E-state index contributed by atoms with van der Waals surface area (Å²) in [6.45, 7) is 8.91. The maximum atomic E-state index is 13.5. The number of hydrogen-bond acceptors (Lipinski definition) is 3. The highest BCUT2D eigenvalue weighted by Gasteiger charge is 2.36. The predicted molar refractivity (Wildman–Crippen MR) is 124 cm³/mol. The first-order valence-corrected chi connectivity index (χ1v) is 11.9. The highest BCUT2D eigenvalue weighted by Crippen LogP contribution is 2.41. The molecular weight excluding hydrogens is 439 g/mol. The first-order chi connectivity index (χ1) is 14.1. The monoisotopic (exact) mass is 466 g/mol. The van der Waals surface area contributed by atoms with Gasteiger partial charge in [0.2, 0.25) is 11.8 Å². The number of carbonyl (C=O) groups is 2. The molecule has 2 aromatic rings. The molecule has 0 radical (unpaired) electrons. The van der Waals surface area contributed by atoms with Gasteiger partial charge in [-0.15, -0.1) is 11.3 Å². The summed E-state index contributed by atoms with van der Waals surface area (Å²) in [5, 5.41) is 3.16. The minimum atomic E-state index is -0.531. The van der Waals surface area contributed by atoms with Gasteiger partial charge in [-0.05, 0) is 47.5 Å². The molecule has 0 N–H and O–H groups in total. The Morgan fingerprint density at radius 3 is 2.57 bits per heavy atom. The maximum absolute atomic E-state index is 13.5. The average Bonchev–Trinajstić information content (AvgIpc) is 3.14. The molecule has 2 amide bonds. The zero-order chi connectivity index (χ0) is 22.1. The van der Waals surface area contributed by atoms with Crippen molar-refractivity contribution in [3.05, 3.63) is 55.7 Å². The van der Waals surface area contributed by atoms with E-state index in [9.17, 15) is 9.59 Å². The fourth-order valence-electron chi connectivity index (χ4n) is 3.89. The quantitative estimate of drug-likeness (QED) is 0.557. The highest BCUT2D eigenvalue weighted by molar-refractivity contribution is 7.10. The van der Waals surface area contributed by atoms with Gasteiger partial charge in [0.05, 0.1) is 12.6 Å². The van der Waals surface area contributed by atoms with Crippen molar-refractivity contribution < 1.29 is 9.59 Å². The van der Waals surface area contributed by atoms with E-state index in [1.807, 2.05) is 38.7 Å². The Bertz CT molecular complexity index is 936. The summed E-state index contributed by atoms with van der Waals surface area (Å²) in [6.07, 6.45) is 1.61. The van der Waals surface area contributed by atoms with E-state index in [0.717, 1.165) is 24.0 Å². The van der Waals surface area contributed by atoms with Crippen molar-refractivity contribution in [3.63, 3.8) is 0 Å². The fourth-order valence-corrected chi connectivity index (χ4v) is 5.31. The van der Waals surface area contributed by atoms with E-state index < -0.39 is 5.41 Å². The van der Waals surface area contributed by atoms with Crippen molar-refractivity contribution in [2.75, 3.05) is 19.6 Å². The van der Waals surface area contributed by atoms with Gasteiger partial charge in [-0.25, -0.2) is 0 Å². The molecule has 1 aromatic carbocycles. The number of benzene rings is 1. The number of rotatable bonds is 5. The molecule has 30 heavy (non-hydrogen) atoms. The lowest BCUT2D eigenvalue weighted by molar-refractivity contribution is -0.146. The second kappa shape index (κ2) is 9.29. The van der Waals surface area contributed by atoms with Crippen LogP contribution in [0.25, 0.3) is 0 Å². The summed E-state index contributed by atoms with van der Waals surface area (Å²) in [5.74, 6) is -0.0686. The van der Waals surface area contributed by atoms with Crippen molar-refractivity contribution in [1.82, 2.24) is 9.80 Å². The summed E-state index contributed by atoms with van der Waals surface area (Å²) in [5.41, 5.74) is 1.43. The van der Waals surface area contributed by atoms with Crippen molar-refractivity contribution >= 4 is 46.4 Å². The fraction of sp³-hybridized carbons (Fsp3) is 0.478. The van der Waals surface area contributed by atoms with Gasteiger partial charge >= 0.3 is 0 Å². The summed E-state index contributed by atoms with van der Waals surface area (Å²) >= 11 is 14.4. The molecule has 0 bridgehead atoms. The van der Waals surface area contributed by atoms with E-state index in [0.29, 0.717) is 23.1 Å². The number of amides is 2. The third-order valence-corrected chi connectivity index (χ3v) is 6.85. The van der Waals surface area contributed by atoms with Crippen LogP contribution in [0.2, 0.25) is 10.0 Å². The lowest BCUT2D eigenvalue weighted by Crippen LogP contribution is -2.49. The zero-order valence-corrected chi connectivity index (χ0v) is 20.2. The number of thiophene rings is 1. The Labute approximate surface area is 192 Å². The second-order valence-corrected chi connectivity index (χ2v) is 10.5. The molecule has 1 unspecified atom stereocenters. The van der Waals surface area contributed by atoms with Crippen LogP contribution in [0, 0.1) is 5.41 Å². The lowest BCUT2D eigenvalue weighted by atomic mass is 9.92. The van der Waals surface area contributed by atoms with Gasteiger partial charge in [0.25, 0.3) is 0 Å². The van der Waals surface area contributed by atoms with Crippen molar-refractivity contribution in [3.8, 4) is 0 Å². The molecule has 2 heterocycles. The van der Waals surface area contributed by atoms with Crippen LogP contribution >= 0.6 is 34.5 Å². The molecule has 1 atom stereocenters. The SMILES string of the molecule is CCCN(CC(=O)N1CCc2sccc2C1c1ccc(Cl)cc1Cl)C(=O)C(C)(C)C.